The Balaban J connectivity index is 2.53. The maximum Gasteiger partial charge on any atom is 0.106 e. The van der Waals surface area contributed by atoms with Crippen LogP contribution in [0.5, 0.6) is 0 Å². The monoisotopic (exact) mass is 221 g/mol. The second-order valence-electron chi connectivity index (χ2n) is 3.52. The number of nitrogens with zero attached hydrogens (tertiary/aromatic N) is 2. The van der Waals surface area contributed by atoms with E-state index in [4.69, 9.17) is 0 Å². The molecule has 0 fully saturated rings. The molecule has 0 spiro atoms. The summed E-state index contributed by atoms with van der Waals surface area (Å²) in [5, 5.41) is 5.25. The number of imidazole rings is 1. The highest BCUT2D eigenvalue weighted by atomic mass is 32.1. The smallest absolute Gasteiger partial charge is 0.106 e. The number of thiophene rings is 1. The van der Waals surface area contributed by atoms with Gasteiger partial charge >= 0.3 is 0 Å². The molecule has 0 aliphatic rings. The minimum absolute atomic E-state index is 0.814. The van der Waals surface area contributed by atoms with Gasteiger partial charge in [-0.05, 0) is 25.4 Å². The number of nitrogens with one attached hydrogen (secondary N) is 1. The zero-order valence-corrected chi connectivity index (χ0v) is 10.1. The first-order valence-electron chi connectivity index (χ1n) is 4.94. The molecule has 15 heavy (non-hydrogen) atoms. The predicted molar refractivity (Wildman–Crippen MR) is 64.0 cm³/mol. The standard InChI is InChI=1S/C11H15N3S/c1-8-13-9(7-12-2)11(14(8)3)10-5-4-6-15-10/h4-6,12H,7H2,1-3H3. The number of rotatable bonds is 3. The Bertz CT molecular complexity index is 443. The summed E-state index contributed by atoms with van der Waals surface area (Å²) in [5.74, 6) is 1.06. The molecule has 0 aliphatic heterocycles. The summed E-state index contributed by atoms with van der Waals surface area (Å²) in [6, 6.07) is 4.21. The first kappa shape index (κ1) is 10.4. The lowest BCUT2D eigenvalue weighted by Gasteiger charge is -2.03. The van der Waals surface area contributed by atoms with Crippen molar-refractivity contribution >= 4 is 11.3 Å². The zero-order chi connectivity index (χ0) is 10.8. The molecular formula is C11H15N3S. The van der Waals surface area contributed by atoms with Gasteiger partial charge in [0.1, 0.15) is 5.82 Å². The first-order valence-corrected chi connectivity index (χ1v) is 5.82. The van der Waals surface area contributed by atoms with Crippen LogP contribution in [0.2, 0.25) is 0 Å². The summed E-state index contributed by atoms with van der Waals surface area (Å²) in [6.45, 7) is 2.85. The van der Waals surface area contributed by atoms with Crippen LogP contribution in [0.25, 0.3) is 10.6 Å². The second-order valence-corrected chi connectivity index (χ2v) is 4.47. The number of hydrogen-bond donors (Lipinski definition) is 1. The zero-order valence-electron chi connectivity index (χ0n) is 9.24. The Hall–Kier alpha value is -1.13. The van der Waals surface area contributed by atoms with Crippen LogP contribution in [-0.2, 0) is 13.6 Å². The second kappa shape index (κ2) is 4.16. The van der Waals surface area contributed by atoms with Crippen molar-refractivity contribution in [1.29, 1.82) is 0 Å². The van der Waals surface area contributed by atoms with Crippen LogP contribution < -0.4 is 5.32 Å². The summed E-state index contributed by atoms with van der Waals surface area (Å²) in [7, 11) is 4.01. The molecular weight excluding hydrogens is 206 g/mol. The van der Waals surface area contributed by atoms with Gasteiger partial charge in [-0.2, -0.15) is 0 Å². The van der Waals surface area contributed by atoms with Gasteiger partial charge in [0.05, 0.1) is 16.3 Å². The van der Waals surface area contributed by atoms with E-state index in [9.17, 15) is 0 Å². The molecule has 4 heteroatoms. The van der Waals surface area contributed by atoms with Crippen LogP contribution in [0.1, 0.15) is 11.5 Å². The third kappa shape index (κ3) is 1.82. The van der Waals surface area contributed by atoms with Crippen LogP contribution >= 0.6 is 11.3 Å². The van der Waals surface area contributed by atoms with E-state index >= 15 is 0 Å². The molecule has 0 amide bonds. The van der Waals surface area contributed by atoms with Crippen molar-refractivity contribution in [2.75, 3.05) is 7.05 Å². The topological polar surface area (TPSA) is 29.9 Å². The number of aromatic nitrogens is 2. The predicted octanol–water partition coefficient (Wildman–Crippen LogP) is 2.18. The fraction of sp³-hybridized carbons (Fsp3) is 0.364. The molecule has 2 aromatic rings. The molecule has 0 radical (unpaired) electrons. The van der Waals surface area contributed by atoms with E-state index in [0.717, 1.165) is 18.1 Å². The van der Waals surface area contributed by atoms with E-state index in [-0.39, 0.29) is 0 Å². The van der Waals surface area contributed by atoms with Gasteiger partial charge in [-0.3, -0.25) is 0 Å². The van der Waals surface area contributed by atoms with Gasteiger partial charge in [0.25, 0.3) is 0 Å². The minimum atomic E-state index is 0.814. The third-order valence-corrected chi connectivity index (χ3v) is 3.37. The van der Waals surface area contributed by atoms with Crippen molar-refractivity contribution in [1.82, 2.24) is 14.9 Å². The lowest BCUT2D eigenvalue weighted by molar-refractivity contribution is 0.796. The Morgan fingerprint density at radius 3 is 2.93 bits per heavy atom. The molecule has 2 heterocycles. The highest BCUT2D eigenvalue weighted by molar-refractivity contribution is 7.13. The number of aryl methyl sites for hydroxylation is 1. The summed E-state index contributed by atoms with van der Waals surface area (Å²) >= 11 is 1.75. The molecule has 1 N–H and O–H groups in total. The van der Waals surface area contributed by atoms with E-state index in [0.29, 0.717) is 0 Å². The van der Waals surface area contributed by atoms with Crippen LogP contribution in [0.4, 0.5) is 0 Å². The highest BCUT2D eigenvalue weighted by Crippen LogP contribution is 2.28. The molecule has 2 aromatic heterocycles. The fourth-order valence-corrected chi connectivity index (χ4v) is 2.52. The van der Waals surface area contributed by atoms with Gasteiger partial charge in [-0.1, -0.05) is 6.07 Å². The Morgan fingerprint density at radius 2 is 2.33 bits per heavy atom. The van der Waals surface area contributed by atoms with E-state index in [1.807, 2.05) is 14.0 Å². The van der Waals surface area contributed by atoms with Gasteiger partial charge in [0.15, 0.2) is 0 Å². The van der Waals surface area contributed by atoms with E-state index < -0.39 is 0 Å². The van der Waals surface area contributed by atoms with Gasteiger partial charge < -0.3 is 9.88 Å². The Labute approximate surface area is 93.8 Å². The molecule has 0 aliphatic carbocycles. The first-order chi connectivity index (χ1) is 7.24. The van der Waals surface area contributed by atoms with Crippen molar-refractivity contribution in [3.8, 4) is 10.6 Å². The fourth-order valence-electron chi connectivity index (χ4n) is 1.69. The van der Waals surface area contributed by atoms with E-state index in [1.165, 1.54) is 10.6 Å². The number of hydrogen-bond acceptors (Lipinski definition) is 3. The van der Waals surface area contributed by atoms with Gasteiger partial charge in [0.2, 0.25) is 0 Å². The van der Waals surface area contributed by atoms with Gasteiger partial charge in [-0.15, -0.1) is 11.3 Å². The normalized spacial score (nSPS) is 10.9. The third-order valence-electron chi connectivity index (χ3n) is 2.49. The Kier molecular flexibility index (Phi) is 2.88. The molecule has 0 atom stereocenters. The lowest BCUT2D eigenvalue weighted by atomic mass is 10.2. The highest BCUT2D eigenvalue weighted by Gasteiger charge is 2.13. The van der Waals surface area contributed by atoms with E-state index in [2.05, 4.69) is 39.4 Å². The summed E-state index contributed by atoms with van der Waals surface area (Å²) in [5.41, 5.74) is 2.36. The lowest BCUT2D eigenvalue weighted by Crippen LogP contribution is -2.06. The average Bonchev–Trinajstić information content (AvgIpc) is 2.78. The molecule has 0 unspecified atom stereocenters. The molecule has 0 saturated heterocycles. The maximum absolute atomic E-state index is 4.56. The molecule has 80 valence electrons. The SMILES string of the molecule is CNCc1nc(C)n(C)c1-c1cccs1. The molecule has 0 bridgehead atoms. The van der Waals surface area contributed by atoms with Gasteiger partial charge in [0, 0.05) is 13.6 Å². The summed E-state index contributed by atoms with van der Waals surface area (Å²) in [6.07, 6.45) is 0. The van der Waals surface area contributed by atoms with Crippen molar-refractivity contribution in [2.24, 2.45) is 7.05 Å². The van der Waals surface area contributed by atoms with Crippen LogP contribution in [0.15, 0.2) is 17.5 Å². The summed E-state index contributed by atoms with van der Waals surface area (Å²) in [4.78, 5) is 5.84. The molecule has 0 saturated carbocycles. The van der Waals surface area contributed by atoms with Crippen molar-refractivity contribution < 1.29 is 0 Å². The van der Waals surface area contributed by atoms with E-state index in [1.54, 1.807) is 11.3 Å². The van der Waals surface area contributed by atoms with Crippen molar-refractivity contribution in [2.45, 2.75) is 13.5 Å². The van der Waals surface area contributed by atoms with Crippen LogP contribution in [0.3, 0.4) is 0 Å². The minimum Gasteiger partial charge on any atom is -0.330 e. The van der Waals surface area contributed by atoms with Crippen molar-refractivity contribution in [3.05, 3.63) is 29.0 Å². The largest absolute Gasteiger partial charge is 0.330 e. The molecule has 2 rings (SSSR count). The van der Waals surface area contributed by atoms with Crippen molar-refractivity contribution in [3.63, 3.8) is 0 Å². The van der Waals surface area contributed by atoms with Gasteiger partial charge in [-0.25, -0.2) is 4.98 Å². The Morgan fingerprint density at radius 1 is 1.53 bits per heavy atom. The quantitative estimate of drug-likeness (QED) is 0.861. The molecule has 0 aromatic carbocycles. The van der Waals surface area contributed by atoms with Crippen LogP contribution in [0, 0.1) is 6.92 Å². The average molecular weight is 221 g/mol. The molecule has 3 nitrogen and oxygen atoms in total. The summed E-state index contributed by atoms with van der Waals surface area (Å²) < 4.78 is 2.15. The van der Waals surface area contributed by atoms with Crippen LogP contribution in [-0.4, -0.2) is 16.6 Å². The maximum atomic E-state index is 4.56.